The van der Waals surface area contributed by atoms with Crippen LogP contribution in [-0.4, -0.2) is 70.9 Å². The van der Waals surface area contributed by atoms with E-state index in [-0.39, 0.29) is 44.0 Å². The lowest BCUT2D eigenvalue weighted by Gasteiger charge is -2.27. The van der Waals surface area contributed by atoms with E-state index in [1.54, 1.807) is 0 Å². The van der Waals surface area contributed by atoms with Crippen LogP contribution in [0.25, 0.3) is 0 Å². The molecule has 9 nitrogen and oxygen atoms in total. The Labute approximate surface area is 200 Å². The maximum absolute atomic E-state index is 13.5. The van der Waals surface area contributed by atoms with Gasteiger partial charge in [0.1, 0.15) is 17.6 Å². The molecule has 0 saturated carbocycles. The minimum Gasteiger partial charge on any atom is -0.320 e. The zero-order valence-electron chi connectivity index (χ0n) is 18.9. The molecule has 3 heterocycles. The molecule has 1 aromatic heterocycles. The van der Waals surface area contributed by atoms with Crippen LogP contribution in [0.3, 0.4) is 0 Å². The number of hydrogen-bond acceptors (Lipinski definition) is 5. The number of alkyl halides is 5. The average Bonchev–Trinajstić information content (AvgIpc) is 3.10. The molecule has 0 aliphatic carbocycles. The van der Waals surface area contributed by atoms with Crippen molar-refractivity contribution >= 4 is 17.6 Å². The smallest absolute Gasteiger partial charge is 0.320 e. The molecule has 2 aromatic rings. The van der Waals surface area contributed by atoms with Crippen molar-refractivity contribution in [2.45, 2.75) is 38.2 Å². The van der Waals surface area contributed by atoms with Crippen LogP contribution >= 0.6 is 0 Å². The Hall–Kier alpha value is -3.33. The largest absolute Gasteiger partial charge is 0.419 e. The average molecular weight is 520 g/mol. The Morgan fingerprint density at radius 1 is 1.31 bits per heavy atom. The van der Waals surface area contributed by atoms with Gasteiger partial charge in [0.2, 0.25) is 0 Å². The van der Waals surface area contributed by atoms with Crippen LogP contribution in [0.2, 0.25) is 0 Å². The van der Waals surface area contributed by atoms with Gasteiger partial charge in [-0.1, -0.05) is 0 Å². The molecule has 15 heteroatoms. The number of amides is 3. The Morgan fingerprint density at radius 3 is 2.75 bits per heavy atom. The van der Waals surface area contributed by atoms with Gasteiger partial charge in [0.05, 0.1) is 30.9 Å². The summed E-state index contributed by atoms with van der Waals surface area (Å²) >= 11 is 0. The van der Waals surface area contributed by atoms with Crippen molar-refractivity contribution in [3.05, 3.63) is 46.5 Å². The number of anilines is 1. The summed E-state index contributed by atoms with van der Waals surface area (Å²) in [6, 6.07) is 1.40. The number of rotatable bonds is 5. The highest BCUT2D eigenvalue weighted by molar-refractivity contribution is 5.94. The molecule has 1 aromatic carbocycles. The summed E-state index contributed by atoms with van der Waals surface area (Å²) in [6.45, 7) is -0.294. The number of fused-ring (bicyclic) bond motifs is 3. The highest BCUT2D eigenvalue weighted by Gasteiger charge is 2.36. The summed E-state index contributed by atoms with van der Waals surface area (Å²) in [5.41, 5.74) is -0.556. The molecule has 4 rings (SSSR count). The molecule has 0 spiro atoms. The van der Waals surface area contributed by atoms with Gasteiger partial charge in [-0.15, -0.1) is 0 Å². The molecule has 0 saturated heterocycles. The summed E-state index contributed by atoms with van der Waals surface area (Å²) in [6.07, 6.45) is -7.87. The van der Waals surface area contributed by atoms with Gasteiger partial charge in [-0.25, -0.2) is 23.0 Å². The van der Waals surface area contributed by atoms with Gasteiger partial charge in [0.25, 0.3) is 12.3 Å². The molecular weight excluding hydrogens is 498 g/mol. The van der Waals surface area contributed by atoms with Crippen molar-refractivity contribution in [1.29, 1.82) is 0 Å². The number of nitrogens with one attached hydrogen (secondary N) is 2. The van der Waals surface area contributed by atoms with E-state index in [1.165, 1.54) is 16.6 Å². The number of hydroxylamine groups is 2. The SMILES string of the molecule is CN1O[C@H](CNCC(F)F)Cn2nc3c(c2C1=O)CN(C(=O)Nc1ccc(F)c(C(F)(F)F)c1)CC3. The van der Waals surface area contributed by atoms with Crippen molar-refractivity contribution in [1.82, 2.24) is 25.1 Å². The van der Waals surface area contributed by atoms with Crippen molar-refractivity contribution in [3.8, 4) is 0 Å². The summed E-state index contributed by atoms with van der Waals surface area (Å²) < 4.78 is 78.8. The van der Waals surface area contributed by atoms with Crippen LogP contribution in [0.4, 0.5) is 36.8 Å². The maximum Gasteiger partial charge on any atom is 0.419 e. The standard InChI is InChI=1S/C21H22F6N6O3/c1-31-19(34)18-13-10-32(20(35)29-11-2-3-15(22)14(6-11)21(25,26)27)5-4-16(13)30-33(18)9-12(36-31)7-28-8-17(23)24/h2-3,6,12,17,28H,4-5,7-10H2,1H3,(H,29,35)/t12-/m1/s1. The van der Waals surface area contributed by atoms with E-state index in [2.05, 4.69) is 15.7 Å². The van der Waals surface area contributed by atoms with Gasteiger partial charge in [0.15, 0.2) is 0 Å². The van der Waals surface area contributed by atoms with Crippen LogP contribution in [0.1, 0.15) is 27.3 Å². The quantitative estimate of drug-likeness (QED) is 0.592. The van der Waals surface area contributed by atoms with Crippen molar-refractivity contribution in [2.24, 2.45) is 0 Å². The van der Waals surface area contributed by atoms with Gasteiger partial charge in [-0.3, -0.25) is 14.3 Å². The highest BCUT2D eigenvalue weighted by atomic mass is 19.4. The maximum atomic E-state index is 13.5. The first-order valence-corrected chi connectivity index (χ1v) is 10.9. The summed E-state index contributed by atoms with van der Waals surface area (Å²) in [5, 5.41) is 10.3. The molecule has 0 unspecified atom stereocenters. The highest BCUT2D eigenvalue weighted by Crippen LogP contribution is 2.33. The van der Waals surface area contributed by atoms with E-state index in [0.717, 1.165) is 11.1 Å². The van der Waals surface area contributed by atoms with Gasteiger partial charge in [-0.2, -0.15) is 18.3 Å². The monoisotopic (exact) mass is 520 g/mol. The Bertz CT molecular complexity index is 1150. The first kappa shape index (κ1) is 25.8. The third kappa shape index (κ3) is 5.41. The second-order valence-electron chi connectivity index (χ2n) is 8.33. The Kier molecular flexibility index (Phi) is 7.13. The molecule has 2 aliphatic heterocycles. The molecule has 0 radical (unpaired) electrons. The molecule has 3 amide bonds. The van der Waals surface area contributed by atoms with E-state index < -0.39 is 48.6 Å². The number of carbonyl (C=O) groups is 2. The minimum atomic E-state index is -4.93. The fourth-order valence-electron chi connectivity index (χ4n) is 4.10. The number of urea groups is 1. The fourth-order valence-corrected chi connectivity index (χ4v) is 4.10. The van der Waals surface area contributed by atoms with Crippen LogP contribution in [0.5, 0.6) is 0 Å². The van der Waals surface area contributed by atoms with Crippen molar-refractivity contribution < 1.29 is 40.8 Å². The van der Waals surface area contributed by atoms with Crippen LogP contribution in [0.15, 0.2) is 18.2 Å². The summed E-state index contributed by atoms with van der Waals surface area (Å²) in [7, 11) is 1.37. The minimum absolute atomic E-state index is 0.0397. The van der Waals surface area contributed by atoms with E-state index in [0.29, 0.717) is 23.4 Å². The molecular formula is C21H22F6N6O3. The van der Waals surface area contributed by atoms with Crippen LogP contribution in [-0.2, 0) is 30.5 Å². The molecule has 36 heavy (non-hydrogen) atoms. The zero-order chi connectivity index (χ0) is 26.2. The normalized spacial score (nSPS) is 18.2. The first-order valence-electron chi connectivity index (χ1n) is 10.9. The predicted molar refractivity (Wildman–Crippen MR) is 113 cm³/mol. The lowest BCUT2D eigenvalue weighted by atomic mass is 10.1. The molecule has 1 atom stereocenters. The molecule has 0 fully saturated rings. The fraction of sp³-hybridized carbons (Fsp3) is 0.476. The van der Waals surface area contributed by atoms with E-state index in [4.69, 9.17) is 4.84 Å². The third-order valence-electron chi connectivity index (χ3n) is 5.75. The number of halogens is 6. The van der Waals surface area contributed by atoms with E-state index >= 15 is 0 Å². The number of benzene rings is 1. The Balaban J connectivity index is 1.50. The molecule has 2 N–H and O–H groups in total. The van der Waals surface area contributed by atoms with Crippen molar-refractivity contribution in [2.75, 3.05) is 32.0 Å². The van der Waals surface area contributed by atoms with Gasteiger partial charge in [0, 0.05) is 37.8 Å². The van der Waals surface area contributed by atoms with Gasteiger partial charge < -0.3 is 15.5 Å². The molecule has 196 valence electrons. The number of nitrogens with zero attached hydrogens (tertiary/aromatic N) is 4. The lowest BCUT2D eigenvalue weighted by molar-refractivity contribution is -0.146. The first-order chi connectivity index (χ1) is 16.9. The second-order valence-corrected chi connectivity index (χ2v) is 8.33. The van der Waals surface area contributed by atoms with Crippen molar-refractivity contribution in [3.63, 3.8) is 0 Å². The second kappa shape index (κ2) is 9.97. The summed E-state index contributed by atoms with van der Waals surface area (Å²) in [4.78, 5) is 32.6. The summed E-state index contributed by atoms with van der Waals surface area (Å²) in [5.74, 6) is -2.01. The topological polar surface area (TPSA) is 91.7 Å². The van der Waals surface area contributed by atoms with Gasteiger partial charge >= 0.3 is 12.2 Å². The number of carbonyl (C=O) groups excluding carboxylic acids is 2. The Morgan fingerprint density at radius 2 is 2.06 bits per heavy atom. The van der Waals surface area contributed by atoms with Crippen LogP contribution in [0, 0.1) is 5.82 Å². The molecule has 2 aliphatic rings. The number of hydrogen-bond donors (Lipinski definition) is 2. The molecule has 0 bridgehead atoms. The third-order valence-corrected chi connectivity index (χ3v) is 5.75. The van der Waals surface area contributed by atoms with E-state index in [1.807, 2.05) is 0 Å². The van der Waals surface area contributed by atoms with Gasteiger partial charge in [-0.05, 0) is 18.2 Å². The lowest BCUT2D eigenvalue weighted by Crippen LogP contribution is -2.40. The predicted octanol–water partition coefficient (Wildman–Crippen LogP) is 2.87. The van der Waals surface area contributed by atoms with E-state index in [9.17, 15) is 35.9 Å². The van der Waals surface area contributed by atoms with Crippen LogP contribution < -0.4 is 10.6 Å². The zero-order valence-corrected chi connectivity index (χ0v) is 18.9. The number of aromatic nitrogens is 2.